The summed E-state index contributed by atoms with van der Waals surface area (Å²) in [7, 11) is -2.85. The second-order valence-electron chi connectivity index (χ2n) is 5.84. The molecule has 1 aromatic rings. The van der Waals surface area contributed by atoms with Crippen LogP contribution in [-0.2, 0) is 22.9 Å². The van der Waals surface area contributed by atoms with Crippen LogP contribution in [0, 0.1) is 0 Å². The molecule has 5 nitrogen and oxygen atoms in total. The van der Waals surface area contributed by atoms with Gasteiger partial charge >= 0.3 is 0 Å². The molecule has 114 valence electrons. The van der Waals surface area contributed by atoms with Gasteiger partial charge in [-0.2, -0.15) is 0 Å². The fourth-order valence-corrected chi connectivity index (χ4v) is 4.00. The Kier molecular flexibility index (Phi) is 4.88. The lowest BCUT2D eigenvalue weighted by atomic mass is 10.3. The van der Waals surface area contributed by atoms with Gasteiger partial charge in [-0.05, 0) is 19.1 Å². The van der Waals surface area contributed by atoms with E-state index in [1.165, 1.54) is 0 Å². The molecule has 1 unspecified atom stereocenters. The quantitative estimate of drug-likeness (QED) is 0.890. The van der Waals surface area contributed by atoms with Crippen molar-refractivity contribution in [2.75, 3.05) is 18.1 Å². The van der Waals surface area contributed by atoms with E-state index in [1.807, 2.05) is 19.1 Å². The number of furan rings is 1. The van der Waals surface area contributed by atoms with Crippen molar-refractivity contribution in [2.45, 2.75) is 45.9 Å². The smallest absolute Gasteiger partial charge is 0.153 e. The lowest BCUT2D eigenvalue weighted by molar-refractivity contribution is 0.199. The van der Waals surface area contributed by atoms with Crippen LogP contribution in [0.5, 0.6) is 0 Å². The van der Waals surface area contributed by atoms with Crippen LogP contribution in [0.15, 0.2) is 16.5 Å². The topological polar surface area (TPSA) is 62.6 Å². The summed E-state index contributed by atoms with van der Waals surface area (Å²) >= 11 is 0. The minimum Gasteiger partial charge on any atom is -0.463 e. The van der Waals surface area contributed by atoms with E-state index in [4.69, 9.17) is 4.42 Å². The molecule has 2 rings (SSSR count). The Morgan fingerprint density at radius 2 is 2.10 bits per heavy atom. The Morgan fingerprint density at radius 3 is 2.75 bits per heavy atom. The van der Waals surface area contributed by atoms with Gasteiger partial charge in [0.2, 0.25) is 0 Å². The van der Waals surface area contributed by atoms with E-state index < -0.39 is 9.84 Å². The summed E-state index contributed by atoms with van der Waals surface area (Å²) in [6.07, 6.45) is 0. The lowest BCUT2D eigenvalue weighted by Gasteiger charge is -2.32. The minimum absolute atomic E-state index is 0.0519. The van der Waals surface area contributed by atoms with Gasteiger partial charge in [0, 0.05) is 18.6 Å². The fourth-order valence-electron chi connectivity index (χ4n) is 2.38. The maximum Gasteiger partial charge on any atom is 0.153 e. The Bertz CT molecular complexity index is 536. The third-order valence-corrected chi connectivity index (χ3v) is 5.36. The van der Waals surface area contributed by atoms with Gasteiger partial charge in [-0.15, -0.1) is 0 Å². The zero-order valence-electron chi connectivity index (χ0n) is 12.4. The Labute approximate surface area is 121 Å². The average molecular weight is 300 g/mol. The van der Waals surface area contributed by atoms with Crippen molar-refractivity contribution >= 4 is 9.84 Å². The molecular weight excluding hydrogens is 276 g/mol. The van der Waals surface area contributed by atoms with Crippen molar-refractivity contribution < 1.29 is 12.8 Å². The summed E-state index contributed by atoms with van der Waals surface area (Å²) in [6, 6.07) is 4.44. The first kappa shape index (κ1) is 15.5. The van der Waals surface area contributed by atoms with Crippen LogP contribution in [0.2, 0.25) is 0 Å². The van der Waals surface area contributed by atoms with Crippen LogP contribution in [0.3, 0.4) is 0 Å². The molecule has 20 heavy (non-hydrogen) atoms. The van der Waals surface area contributed by atoms with Crippen LogP contribution in [0.1, 0.15) is 32.3 Å². The van der Waals surface area contributed by atoms with E-state index in [0.29, 0.717) is 19.1 Å². The van der Waals surface area contributed by atoms with Gasteiger partial charge < -0.3 is 9.73 Å². The number of hydrogen-bond donors (Lipinski definition) is 1. The minimum atomic E-state index is -2.85. The first-order valence-electron chi connectivity index (χ1n) is 7.11. The summed E-state index contributed by atoms with van der Waals surface area (Å²) in [4.78, 5) is 2.17. The number of sulfone groups is 1. The molecule has 0 aromatic carbocycles. The van der Waals surface area contributed by atoms with Crippen molar-refractivity contribution in [1.29, 1.82) is 0 Å². The maximum atomic E-state index is 11.6. The average Bonchev–Trinajstić information content (AvgIpc) is 2.77. The van der Waals surface area contributed by atoms with Gasteiger partial charge in [-0.3, -0.25) is 4.90 Å². The molecule has 1 N–H and O–H groups in total. The van der Waals surface area contributed by atoms with E-state index in [-0.39, 0.29) is 17.5 Å². The van der Waals surface area contributed by atoms with Gasteiger partial charge in [0.1, 0.15) is 11.5 Å². The zero-order valence-corrected chi connectivity index (χ0v) is 13.2. The van der Waals surface area contributed by atoms with Crippen molar-refractivity contribution in [2.24, 2.45) is 0 Å². The standard InChI is InChI=1S/C14H24N2O3S/c1-11(2)15-8-13-4-5-14(19-13)9-16-6-7-20(17,18)10-12(16)3/h4-5,11-12,15H,6-10H2,1-3H3. The summed E-state index contributed by atoms with van der Waals surface area (Å²) in [5, 5.41) is 3.31. The van der Waals surface area contributed by atoms with Crippen molar-refractivity contribution in [1.82, 2.24) is 10.2 Å². The molecule has 2 heterocycles. The maximum absolute atomic E-state index is 11.6. The molecule has 1 atom stereocenters. The largest absolute Gasteiger partial charge is 0.463 e. The molecule has 0 bridgehead atoms. The molecule has 1 aromatic heterocycles. The van der Waals surface area contributed by atoms with Crippen LogP contribution < -0.4 is 5.32 Å². The predicted octanol–water partition coefficient (Wildman–Crippen LogP) is 1.40. The number of rotatable bonds is 5. The normalized spacial score (nSPS) is 23.3. The number of nitrogens with one attached hydrogen (secondary N) is 1. The molecule has 1 aliphatic rings. The molecule has 0 amide bonds. The van der Waals surface area contributed by atoms with Crippen LogP contribution >= 0.6 is 0 Å². The molecule has 0 spiro atoms. The first-order chi connectivity index (χ1) is 9.35. The van der Waals surface area contributed by atoms with Crippen molar-refractivity contribution in [3.05, 3.63) is 23.7 Å². The fraction of sp³-hybridized carbons (Fsp3) is 0.714. The molecule has 0 saturated carbocycles. The highest BCUT2D eigenvalue weighted by Crippen LogP contribution is 2.17. The summed E-state index contributed by atoms with van der Waals surface area (Å²) in [5.41, 5.74) is 0. The highest BCUT2D eigenvalue weighted by Gasteiger charge is 2.28. The van der Waals surface area contributed by atoms with Gasteiger partial charge in [0.05, 0.1) is 24.6 Å². The van der Waals surface area contributed by atoms with Gasteiger partial charge in [0.15, 0.2) is 9.84 Å². The monoisotopic (exact) mass is 300 g/mol. The second kappa shape index (κ2) is 6.28. The molecule has 0 radical (unpaired) electrons. The molecule has 1 aliphatic heterocycles. The zero-order chi connectivity index (χ0) is 14.8. The van der Waals surface area contributed by atoms with Gasteiger partial charge in [-0.25, -0.2) is 8.42 Å². The Balaban J connectivity index is 1.90. The van der Waals surface area contributed by atoms with Crippen LogP contribution in [0.25, 0.3) is 0 Å². The molecule has 1 fully saturated rings. The van der Waals surface area contributed by atoms with Gasteiger partial charge in [-0.1, -0.05) is 13.8 Å². The van der Waals surface area contributed by atoms with E-state index >= 15 is 0 Å². The van der Waals surface area contributed by atoms with Crippen LogP contribution in [0.4, 0.5) is 0 Å². The molecule has 6 heteroatoms. The SMILES string of the molecule is CC(C)NCc1ccc(CN2CCS(=O)(=O)CC2C)o1. The predicted molar refractivity (Wildman–Crippen MR) is 79.2 cm³/mol. The molecule has 0 aliphatic carbocycles. The third-order valence-electron chi connectivity index (χ3n) is 3.57. The second-order valence-corrected chi connectivity index (χ2v) is 8.07. The molecular formula is C14H24N2O3S. The lowest BCUT2D eigenvalue weighted by Crippen LogP contribution is -2.46. The van der Waals surface area contributed by atoms with Crippen molar-refractivity contribution in [3.63, 3.8) is 0 Å². The van der Waals surface area contributed by atoms with E-state index in [1.54, 1.807) is 0 Å². The first-order valence-corrected chi connectivity index (χ1v) is 8.93. The highest BCUT2D eigenvalue weighted by atomic mass is 32.2. The Morgan fingerprint density at radius 1 is 1.40 bits per heavy atom. The van der Waals surface area contributed by atoms with Crippen molar-refractivity contribution in [3.8, 4) is 0 Å². The summed E-state index contributed by atoms with van der Waals surface area (Å²) < 4.78 is 28.9. The Hall–Kier alpha value is -0.850. The van der Waals surface area contributed by atoms with Crippen LogP contribution in [-0.4, -0.2) is 43.5 Å². The summed E-state index contributed by atoms with van der Waals surface area (Å²) in [5.74, 6) is 2.32. The summed E-state index contributed by atoms with van der Waals surface area (Å²) in [6.45, 7) is 8.14. The third kappa shape index (κ3) is 4.33. The van der Waals surface area contributed by atoms with E-state index in [0.717, 1.165) is 18.1 Å². The number of nitrogens with zero attached hydrogens (tertiary/aromatic N) is 1. The van der Waals surface area contributed by atoms with E-state index in [2.05, 4.69) is 24.1 Å². The highest BCUT2D eigenvalue weighted by molar-refractivity contribution is 7.91. The van der Waals surface area contributed by atoms with Gasteiger partial charge in [0.25, 0.3) is 0 Å². The van der Waals surface area contributed by atoms with E-state index in [9.17, 15) is 8.42 Å². The molecule has 1 saturated heterocycles. The number of hydrogen-bond acceptors (Lipinski definition) is 5.